The molecule has 0 radical (unpaired) electrons. The van der Waals surface area contributed by atoms with Gasteiger partial charge in [0.25, 0.3) is 0 Å². The van der Waals surface area contributed by atoms with Gasteiger partial charge in [-0.25, -0.2) is 0 Å². The standard InChI is InChI=1S/C12H24N2.C8H16/c1-10(2)14-5-3-11(4-6-14)7-12-8-13-9-12;1-7-3-5-8(2)6-4-7/h10-13H,3-9H2,1-2H3;7-8H,3-6H2,1-2H3. The highest BCUT2D eigenvalue weighted by molar-refractivity contribution is 4.81. The maximum Gasteiger partial charge on any atom is 0.00385 e. The first-order valence-electron chi connectivity index (χ1n) is 9.99. The summed E-state index contributed by atoms with van der Waals surface area (Å²) in [6, 6.07) is 0.751. The minimum Gasteiger partial charge on any atom is -0.316 e. The Bertz CT molecular complexity index is 272. The highest BCUT2D eigenvalue weighted by Gasteiger charge is 2.25. The van der Waals surface area contributed by atoms with Crippen LogP contribution < -0.4 is 5.32 Å². The molecule has 2 heterocycles. The van der Waals surface area contributed by atoms with Crippen molar-refractivity contribution in [3.8, 4) is 0 Å². The molecule has 0 unspecified atom stereocenters. The topological polar surface area (TPSA) is 15.3 Å². The van der Waals surface area contributed by atoms with Gasteiger partial charge in [-0.2, -0.15) is 0 Å². The molecule has 0 aromatic heterocycles. The van der Waals surface area contributed by atoms with Crippen molar-refractivity contribution >= 4 is 0 Å². The highest BCUT2D eigenvalue weighted by atomic mass is 15.1. The summed E-state index contributed by atoms with van der Waals surface area (Å²) in [6.07, 6.45) is 10.3. The predicted molar refractivity (Wildman–Crippen MR) is 97.2 cm³/mol. The molecule has 2 nitrogen and oxygen atoms in total. The Balaban J connectivity index is 0.000000188. The third-order valence-electron chi connectivity index (χ3n) is 6.22. The molecular formula is C20H40N2. The van der Waals surface area contributed by atoms with Gasteiger partial charge in [-0.05, 0) is 83.0 Å². The Morgan fingerprint density at radius 1 is 0.818 bits per heavy atom. The monoisotopic (exact) mass is 308 g/mol. The number of rotatable bonds is 3. The van der Waals surface area contributed by atoms with Crippen LogP contribution in [0.1, 0.15) is 72.6 Å². The van der Waals surface area contributed by atoms with Gasteiger partial charge in [0.1, 0.15) is 0 Å². The second-order valence-electron chi connectivity index (χ2n) is 8.70. The van der Waals surface area contributed by atoms with Crippen LogP contribution in [0, 0.1) is 23.7 Å². The molecule has 0 atom stereocenters. The smallest absolute Gasteiger partial charge is 0.00385 e. The molecule has 22 heavy (non-hydrogen) atoms. The fourth-order valence-corrected chi connectivity index (χ4v) is 4.12. The molecule has 0 aromatic carbocycles. The van der Waals surface area contributed by atoms with E-state index in [2.05, 4.69) is 37.9 Å². The van der Waals surface area contributed by atoms with Crippen molar-refractivity contribution in [2.24, 2.45) is 23.7 Å². The van der Waals surface area contributed by atoms with E-state index in [0.29, 0.717) is 0 Å². The average Bonchev–Trinajstić information content (AvgIpc) is 2.47. The van der Waals surface area contributed by atoms with Gasteiger partial charge in [-0.1, -0.05) is 39.5 Å². The van der Waals surface area contributed by atoms with Crippen molar-refractivity contribution in [2.75, 3.05) is 26.2 Å². The van der Waals surface area contributed by atoms with Crippen molar-refractivity contribution in [1.29, 1.82) is 0 Å². The summed E-state index contributed by atoms with van der Waals surface area (Å²) < 4.78 is 0. The SMILES string of the molecule is CC(C)N1CCC(CC2CNC2)CC1.CC1CCC(C)CC1. The molecule has 130 valence electrons. The second-order valence-corrected chi connectivity index (χ2v) is 8.70. The molecule has 2 aliphatic heterocycles. The van der Waals surface area contributed by atoms with Gasteiger partial charge < -0.3 is 10.2 Å². The van der Waals surface area contributed by atoms with Gasteiger partial charge in [0.2, 0.25) is 0 Å². The number of piperidine rings is 1. The van der Waals surface area contributed by atoms with Crippen molar-refractivity contribution in [1.82, 2.24) is 10.2 Å². The molecule has 0 bridgehead atoms. The van der Waals surface area contributed by atoms with Crippen LogP contribution in [0.2, 0.25) is 0 Å². The molecule has 0 aromatic rings. The first-order valence-corrected chi connectivity index (χ1v) is 9.99. The number of nitrogens with zero attached hydrogens (tertiary/aromatic N) is 1. The van der Waals surface area contributed by atoms with Crippen molar-refractivity contribution in [3.63, 3.8) is 0 Å². The zero-order valence-electron chi connectivity index (χ0n) is 15.6. The number of hydrogen-bond acceptors (Lipinski definition) is 2. The third-order valence-corrected chi connectivity index (χ3v) is 6.22. The molecule has 0 amide bonds. The van der Waals surface area contributed by atoms with Gasteiger partial charge in [-0.15, -0.1) is 0 Å². The van der Waals surface area contributed by atoms with E-state index >= 15 is 0 Å². The molecule has 1 N–H and O–H groups in total. The third kappa shape index (κ3) is 6.20. The lowest BCUT2D eigenvalue weighted by molar-refractivity contribution is 0.129. The summed E-state index contributed by atoms with van der Waals surface area (Å²) in [5, 5.41) is 3.37. The fourth-order valence-electron chi connectivity index (χ4n) is 4.12. The van der Waals surface area contributed by atoms with E-state index < -0.39 is 0 Å². The van der Waals surface area contributed by atoms with Crippen molar-refractivity contribution in [2.45, 2.75) is 78.7 Å². The van der Waals surface area contributed by atoms with E-state index in [1.807, 2.05) is 0 Å². The molecule has 3 aliphatic rings. The number of nitrogens with one attached hydrogen (secondary N) is 1. The van der Waals surface area contributed by atoms with Gasteiger partial charge >= 0.3 is 0 Å². The maximum atomic E-state index is 3.37. The molecule has 2 saturated heterocycles. The Hall–Kier alpha value is -0.0800. The van der Waals surface area contributed by atoms with E-state index in [-0.39, 0.29) is 0 Å². The van der Waals surface area contributed by atoms with Crippen LogP contribution in [0.3, 0.4) is 0 Å². The molecule has 3 fully saturated rings. The average molecular weight is 309 g/mol. The van der Waals surface area contributed by atoms with Gasteiger partial charge in [0.05, 0.1) is 0 Å². The van der Waals surface area contributed by atoms with Gasteiger partial charge in [-0.3, -0.25) is 0 Å². The molecule has 1 saturated carbocycles. The van der Waals surface area contributed by atoms with Gasteiger partial charge in [0, 0.05) is 6.04 Å². The van der Waals surface area contributed by atoms with E-state index in [1.165, 1.54) is 71.1 Å². The first kappa shape index (κ1) is 18.3. The first-order chi connectivity index (χ1) is 10.5. The van der Waals surface area contributed by atoms with Crippen LogP contribution in [0.25, 0.3) is 0 Å². The minimum atomic E-state index is 0.751. The van der Waals surface area contributed by atoms with Crippen LogP contribution in [-0.4, -0.2) is 37.1 Å². The maximum absolute atomic E-state index is 3.37. The van der Waals surface area contributed by atoms with Gasteiger partial charge in [0.15, 0.2) is 0 Å². The Morgan fingerprint density at radius 3 is 1.68 bits per heavy atom. The summed E-state index contributed by atoms with van der Waals surface area (Å²) in [4.78, 5) is 2.62. The molecule has 2 heteroatoms. The number of likely N-dealkylation sites (tertiary alicyclic amines) is 1. The van der Waals surface area contributed by atoms with E-state index in [4.69, 9.17) is 0 Å². The van der Waals surface area contributed by atoms with Crippen LogP contribution in [0.15, 0.2) is 0 Å². The minimum absolute atomic E-state index is 0.751. The van der Waals surface area contributed by atoms with Crippen LogP contribution in [0.5, 0.6) is 0 Å². The lowest BCUT2D eigenvalue weighted by Crippen LogP contribution is -2.44. The van der Waals surface area contributed by atoms with E-state index in [9.17, 15) is 0 Å². The quantitative estimate of drug-likeness (QED) is 0.823. The normalized spacial score (nSPS) is 31.5. The summed E-state index contributed by atoms with van der Waals surface area (Å²) in [6.45, 7) is 14.6. The summed E-state index contributed by atoms with van der Waals surface area (Å²) >= 11 is 0. The molecular weight excluding hydrogens is 268 g/mol. The lowest BCUT2D eigenvalue weighted by atomic mass is 9.84. The summed E-state index contributed by atoms with van der Waals surface area (Å²) in [5.41, 5.74) is 0. The molecule has 3 rings (SSSR count). The second kappa shape index (κ2) is 9.27. The Kier molecular flexibility index (Phi) is 7.70. The lowest BCUT2D eigenvalue weighted by Gasteiger charge is -2.37. The molecule has 1 aliphatic carbocycles. The van der Waals surface area contributed by atoms with E-state index in [0.717, 1.165) is 29.7 Å². The summed E-state index contributed by atoms with van der Waals surface area (Å²) in [7, 11) is 0. The van der Waals surface area contributed by atoms with Crippen LogP contribution >= 0.6 is 0 Å². The summed E-state index contributed by atoms with van der Waals surface area (Å²) in [5.74, 6) is 4.07. The number of hydrogen-bond donors (Lipinski definition) is 1. The fraction of sp³-hybridized carbons (Fsp3) is 1.00. The zero-order chi connectivity index (χ0) is 15.9. The largest absolute Gasteiger partial charge is 0.316 e. The Labute approximate surface area is 139 Å². The molecule has 0 spiro atoms. The highest BCUT2D eigenvalue weighted by Crippen LogP contribution is 2.27. The van der Waals surface area contributed by atoms with E-state index in [1.54, 1.807) is 0 Å². The zero-order valence-corrected chi connectivity index (χ0v) is 15.6. The Morgan fingerprint density at radius 2 is 1.32 bits per heavy atom. The van der Waals surface area contributed by atoms with Crippen LogP contribution in [0.4, 0.5) is 0 Å². The predicted octanol–water partition coefficient (Wildman–Crippen LogP) is 4.55. The van der Waals surface area contributed by atoms with Crippen molar-refractivity contribution in [3.05, 3.63) is 0 Å². The van der Waals surface area contributed by atoms with Crippen LogP contribution in [-0.2, 0) is 0 Å². The van der Waals surface area contributed by atoms with Crippen molar-refractivity contribution < 1.29 is 0 Å².